The fourth-order valence-electron chi connectivity index (χ4n) is 3.19. The number of hydrogen-bond donors (Lipinski definition) is 1. The maximum atomic E-state index is 12.2. The van der Waals surface area contributed by atoms with Gasteiger partial charge < -0.3 is 20.0 Å². The molecule has 0 radical (unpaired) electrons. The van der Waals surface area contributed by atoms with Crippen molar-refractivity contribution in [3.63, 3.8) is 0 Å². The zero-order valence-electron chi connectivity index (χ0n) is 13.9. The van der Waals surface area contributed by atoms with Gasteiger partial charge in [0, 0.05) is 50.8 Å². The second-order valence-corrected chi connectivity index (χ2v) is 7.42. The molecule has 0 aliphatic carbocycles. The van der Waals surface area contributed by atoms with Gasteiger partial charge in [0.2, 0.25) is 0 Å². The molecule has 0 bridgehead atoms. The quantitative estimate of drug-likeness (QED) is 0.909. The smallest absolute Gasteiger partial charge is 0.317 e. The van der Waals surface area contributed by atoms with E-state index in [1.807, 2.05) is 16.5 Å². The number of nitrogens with zero attached hydrogens (tertiary/aromatic N) is 4. The lowest BCUT2D eigenvalue weighted by Gasteiger charge is -2.35. The Morgan fingerprint density at radius 1 is 1.26 bits per heavy atom. The molecular weight excluding hydrogens is 310 g/mol. The second kappa shape index (κ2) is 7.97. The number of likely N-dealkylation sites (tertiary alicyclic amines) is 1. The molecule has 2 saturated heterocycles. The van der Waals surface area contributed by atoms with Crippen molar-refractivity contribution in [2.24, 2.45) is 5.92 Å². The number of hydrogen-bond acceptors (Lipinski definition) is 5. The third-order valence-electron chi connectivity index (χ3n) is 4.84. The first-order chi connectivity index (χ1) is 11.2. The topological polar surface area (TPSA) is 51.7 Å². The number of aromatic nitrogens is 1. The molecule has 2 fully saturated rings. The highest BCUT2D eigenvalue weighted by Gasteiger charge is 2.22. The lowest BCUT2D eigenvalue weighted by molar-refractivity contribution is 0.179. The van der Waals surface area contributed by atoms with Gasteiger partial charge in [-0.15, -0.1) is 11.3 Å². The van der Waals surface area contributed by atoms with Gasteiger partial charge in [-0.1, -0.05) is 6.92 Å². The standard InChI is InChI=1S/C16H27N5OS/c1-14-2-6-19(7-3-14)8-4-17-15(22)20-9-11-21(12-10-20)16-18-5-13-23-16/h5,13-14H,2-4,6-12H2,1H3,(H,17,22). The molecule has 23 heavy (non-hydrogen) atoms. The lowest BCUT2D eigenvalue weighted by atomic mass is 9.99. The Kier molecular flexibility index (Phi) is 5.72. The Bertz CT molecular complexity index is 479. The Morgan fingerprint density at radius 3 is 2.65 bits per heavy atom. The number of thiazole rings is 1. The van der Waals surface area contributed by atoms with Crippen molar-refractivity contribution in [2.75, 3.05) is 57.3 Å². The summed E-state index contributed by atoms with van der Waals surface area (Å²) in [6.45, 7) is 9.66. The molecule has 0 spiro atoms. The van der Waals surface area contributed by atoms with Crippen LogP contribution < -0.4 is 10.2 Å². The van der Waals surface area contributed by atoms with E-state index in [2.05, 4.69) is 27.0 Å². The van der Waals surface area contributed by atoms with E-state index < -0.39 is 0 Å². The van der Waals surface area contributed by atoms with E-state index in [0.717, 1.165) is 50.3 Å². The molecule has 2 aliphatic heterocycles. The highest BCUT2D eigenvalue weighted by atomic mass is 32.1. The van der Waals surface area contributed by atoms with E-state index in [4.69, 9.17) is 0 Å². The summed E-state index contributed by atoms with van der Waals surface area (Å²) in [6.07, 6.45) is 4.40. The predicted molar refractivity (Wildman–Crippen MR) is 94.1 cm³/mol. The van der Waals surface area contributed by atoms with Crippen LogP contribution in [-0.4, -0.2) is 73.2 Å². The van der Waals surface area contributed by atoms with E-state index in [-0.39, 0.29) is 6.03 Å². The Labute approximate surface area is 142 Å². The summed E-state index contributed by atoms with van der Waals surface area (Å²) >= 11 is 1.66. The minimum absolute atomic E-state index is 0.0779. The van der Waals surface area contributed by atoms with Gasteiger partial charge in [0.15, 0.2) is 5.13 Å². The molecular formula is C16H27N5OS. The Morgan fingerprint density at radius 2 is 2.00 bits per heavy atom. The van der Waals surface area contributed by atoms with Crippen molar-refractivity contribution in [1.29, 1.82) is 0 Å². The number of amides is 2. The molecule has 3 heterocycles. The number of nitrogens with one attached hydrogen (secondary N) is 1. The van der Waals surface area contributed by atoms with Crippen molar-refractivity contribution >= 4 is 22.5 Å². The van der Waals surface area contributed by atoms with Gasteiger partial charge in [-0.05, 0) is 31.8 Å². The van der Waals surface area contributed by atoms with Gasteiger partial charge in [-0.3, -0.25) is 0 Å². The molecule has 0 aromatic carbocycles. The first-order valence-electron chi connectivity index (χ1n) is 8.62. The maximum absolute atomic E-state index is 12.2. The Balaban J connectivity index is 1.33. The zero-order chi connectivity index (χ0) is 16.1. The first kappa shape index (κ1) is 16.5. The van der Waals surface area contributed by atoms with Gasteiger partial charge >= 0.3 is 6.03 Å². The third-order valence-corrected chi connectivity index (χ3v) is 5.67. The van der Waals surface area contributed by atoms with Crippen molar-refractivity contribution in [3.05, 3.63) is 11.6 Å². The fourth-order valence-corrected chi connectivity index (χ4v) is 3.89. The maximum Gasteiger partial charge on any atom is 0.317 e. The molecule has 6 nitrogen and oxygen atoms in total. The van der Waals surface area contributed by atoms with Crippen molar-refractivity contribution in [1.82, 2.24) is 20.1 Å². The van der Waals surface area contributed by atoms with Crippen LogP contribution in [0.15, 0.2) is 11.6 Å². The number of piperazine rings is 1. The monoisotopic (exact) mass is 337 g/mol. The molecule has 2 aliphatic rings. The van der Waals surface area contributed by atoms with Crippen molar-refractivity contribution in [3.8, 4) is 0 Å². The van der Waals surface area contributed by atoms with Gasteiger partial charge in [0.05, 0.1) is 0 Å². The molecule has 1 aromatic rings. The number of urea groups is 1. The molecule has 1 aromatic heterocycles. The highest BCUT2D eigenvalue weighted by Crippen LogP contribution is 2.19. The molecule has 1 N–H and O–H groups in total. The van der Waals surface area contributed by atoms with Gasteiger partial charge in [0.1, 0.15) is 0 Å². The number of anilines is 1. The lowest BCUT2D eigenvalue weighted by Crippen LogP contribution is -2.52. The van der Waals surface area contributed by atoms with Crippen LogP contribution in [0.4, 0.5) is 9.93 Å². The average molecular weight is 337 g/mol. The van der Waals surface area contributed by atoms with Crippen LogP contribution in [0, 0.1) is 5.92 Å². The summed E-state index contributed by atoms with van der Waals surface area (Å²) in [5.41, 5.74) is 0. The molecule has 0 atom stereocenters. The summed E-state index contributed by atoms with van der Waals surface area (Å²) in [5, 5.41) is 6.13. The summed E-state index contributed by atoms with van der Waals surface area (Å²) in [5.74, 6) is 0.856. The third kappa shape index (κ3) is 4.57. The van der Waals surface area contributed by atoms with Crippen LogP contribution in [0.5, 0.6) is 0 Å². The van der Waals surface area contributed by atoms with E-state index in [9.17, 15) is 4.79 Å². The molecule has 2 amide bonds. The van der Waals surface area contributed by atoms with E-state index in [1.165, 1.54) is 25.9 Å². The molecule has 0 unspecified atom stereocenters. The summed E-state index contributed by atoms with van der Waals surface area (Å²) in [7, 11) is 0. The number of piperidine rings is 1. The van der Waals surface area contributed by atoms with Crippen molar-refractivity contribution in [2.45, 2.75) is 19.8 Å². The van der Waals surface area contributed by atoms with E-state index >= 15 is 0 Å². The summed E-state index contributed by atoms with van der Waals surface area (Å²) in [4.78, 5) is 23.2. The SMILES string of the molecule is CC1CCN(CCNC(=O)N2CCN(c3nccs3)CC2)CC1. The normalized spacial score (nSPS) is 20.7. The first-order valence-corrected chi connectivity index (χ1v) is 9.50. The Hall–Kier alpha value is -1.34. The highest BCUT2D eigenvalue weighted by molar-refractivity contribution is 7.13. The van der Waals surface area contributed by atoms with E-state index in [0.29, 0.717) is 0 Å². The van der Waals surface area contributed by atoms with Crippen LogP contribution in [-0.2, 0) is 0 Å². The largest absolute Gasteiger partial charge is 0.345 e. The fraction of sp³-hybridized carbons (Fsp3) is 0.750. The van der Waals surface area contributed by atoms with Gasteiger partial charge in [-0.25, -0.2) is 9.78 Å². The number of carbonyl (C=O) groups excluding carboxylic acids is 1. The predicted octanol–water partition coefficient (Wildman–Crippen LogP) is 1.71. The van der Waals surface area contributed by atoms with Crippen molar-refractivity contribution < 1.29 is 4.79 Å². The van der Waals surface area contributed by atoms with Crippen LogP contribution >= 0.6 is 11.3 Å². The molecule has 0 saturated carbocycles. The number of rotatable bonds is 4. The average Bonchev–Trinajstić information content (AvgIpc) is 3.11. The minimum atomic E-state index is 0.0779. The molecule has 128 valence electrons. The summed E-state index contributed by atoms with van der Waals surface area (Å²) in [6, 6.07) is 0.0779. The zero-order valence-corrected chi connectivity index (χ0v) is 14.7. The second-order valence-electron chi connectivity index (χ2n) is 6.54. The number of carbonyl (C=O) groups is 1. The van der Waals surface area contributed by atoms with Crippen LogP contribution in [0.2, 0.25) is 0 Å². The van der Waals surface area contributed by atoms with Gasteiger partial charge in [0.25, 0.3) is 0 Å². The summed E-state index contributed by atoms with van der Waals surface area (Å²) < 4.78 is 0. The van der Waals surface area contributed by atoms with Crippen LogP contribution in [0.3, 0.4) is 0 Å². The van der Waals surface area contributed by atoms with Gasteiger partial charge in [-0.2, -0.15) is 0 Å². The molecule has 7 heteroatoms. The van der Waals surface area contributed by atoms with Crippen LogP contribution in [0.1, 0.15) is 19.8 Å². The molecule has 3 rings (SSSR count). The van der Waals surface area contributed by atoms with E-state index in [1.54, 1.807) is 11.3 Å². The minimum Gasteiger partial charge on any atom is -0.345 e. The van der Waals surface area contributed by atoms with Crippen LogP contribution in [0.25, 0.3) is 0 Å².